The topological polar surface area (TPSA) is 39.4 Å². The number of benzene rings is 1. The number of hydrogen-bond acceptors (Lipinski definition) is 3. The molecule has 0 saturated carbocycles. The third-order valence-corrected chi connectivity index (χ3v) is 1.91. The Kier molecular flexibility index (Phi) is 4.41. The van der Waals surface area contributed by atoms with Crippen molar-refractivity contribution in [3.8, 4) is 0 Å². The highest BCUT2D eigenvalue weighted by atomic mass is 16.5. The van der Waals surface area contributed by atoms with Gasteiger partial charge in [0.15, 0.2) is 0 Å². The van der Waals surface area contributed by atoms with Gasteiger partial charge in [-0.25, -0.2) is 0 Å². The van der Waals surface area contributed by atoms with Crippen LogP contribution in [0.5, 0.6) is 0 Å². The summed E-state index contributed by atoms with van der Waals surface area (Å²) in [6, 6.07) is 8.03. The van der Waals surface area contributed by atoms with Gasteiger partial charge in [-0.05, 0) is 25.5 Å². The van der Waals surface area contributed by atoms with Crippen molar-refractivity contribution in [1.82, 2.24) is 0 Å². The Morgan fingerprint density at radius 2 is 2.13 bits per heavy atom. The molecule has 0 spiro atoms. The van der Waals surface area contributed by atoms with Gasteiger partial charge in [-0.1, -0.05) is 18.2 Å². The molecule has 0 aliphatic heterocycles. The van der Waals surface area contributed by atoms with E-state index in [9.17, 15) is 4.79 Å². The Balaban J connectivity index is 0.000000195. The average molecular weight is 206 g/mol. The molecule has 0 bridgehead atoms. The van der Waals surface area contributed by atoms with Gasteiger partial charge < -0.3 is 9.15 Å². The zero-order valence-corrected chi connectivity index (χ0v) is 8.90. The molecule has 3 nitrogen and oxygen atoms in total. The molecule has 0 N–H and O–H groups in total. The van der Waals surface area contributed by atoms with Crippen LogP contribution in [0, 0.1) is 6.92 Å². The van der Waals surface area contributed by atoms with Gasteiger partial charge in [0.1, 0.15) is 5.58 Å². The lowest BCUT2D eigenvalue weighted by molar-refractivity contribution is -0.128. The fourth-order valence-corrected chi connectivity index (χ4v) is 1.18. The molecule has 0 fully saturated rings. The quantitative estimate of drug-likeness (QED) is 0.709. The number of ether oxygens (including phenoxy) is 1. The van der Waals surface area contributed by atoms with E-state index >= 15 is 0 Å². The number of para-hydroxylation sites is 1. The second-order valence-corrected chi connectivity index (χ2v) is 2.97. The maximum Gasteiger partial charge on any atom is 0.293 e. The summed E-state index contributed by atoms with van der Waals surface area (Å²) >= 11 is 0. The van der Waals surface area contributed by atoms with Gasteiger partial charge in [0.25, 0.3) is 6.47 Å². The number of furan rings is 1. The van der Waals surface area contributed by atoms with Crippen molar-refractivity contribution in [2.75, 3.05) is 6.61 Å². The summed E-state index contributed by atoms with van der Waals surface area (Å²) < 4.78 is 9.40. The summed E-state index contributed by atoms with van der Waals surface area (Å²) in [5.41, 5.74) is 2.18. The van der Waals surface area contributed by atoms with Gasteiger partial charge in [-0.3, -0.25) is 4.79 Å². The smallest absolute Gasteiger partial charge is 0.293 e. The highest BCUT2D eigenvalue weighted by Crippen LogP contribution is 2.18. The molecule has 1 aromatic carbocycles. The van der Waals surface area contributed by atoms with Crippen molar-refractivity contribution < 1.29 is 13.9 Å². The van der Waals surface area contributed by atoms with Crippen LogP contribution in [0.4, 0.5) is 0 Å². The summed E-state index contributed by atoms with van der Waals surface area (Å²) in [6.45, 7) is 4.71. The first-order valence-corrected chi connectivity index (χ1v) is 4.77. The molecule has 2 rings (SSSR count). The first-order valence-electron chi connectivity index (χ1n) is 4.77. The molecule has 80 valence electrons. The van der Waals surface area contributed by atoms with Crippen LogP contribution in [-0.2, 0) is 9.53 Å². The van der Waals surface area contributed by atoms with Gasteiger partial charge in [0.05, 0.1) is 12.9 Å². The summed E-state index contributed by atoms with van der Waals surface area (Å²) in [5.74, 6) is 0. The highest BCUT2D eigenvalue weighted by molar-refractivity contribution is 5.80. The number of aryl methyl sites for hydroxylation is 1. The maximum absolute atomic E-state index is 9.18. The van der Waals surface area contributed by atoms with Gasteiger partial charge in [0.2, 0.25) is 0 Å². The molecule has 2 aromatic rings. The third-order valence-electron chi connectivity index (χ3n) is 1.91. The molecule has 0 aliphatic rings. The van der Waals surface area contributed by atoms with E-state index in [1.165, 1.54) is 10.9 Å². The van der Waals surface area contributed by atoms with Gasteiger partial charge in [0, 0.05) is 5.39 Å². The number of rotatable bonds is 2. The first-order chi connectivity index (χ1) is 7.29. The molecule has 3 heteroatoms. The molecular weight excluding hydrogens is 192 g/mol. The number of hydrogen-bond donors (Lipinski definition) is 0. The monoisotopic (exact) mass is 206 g/mol. The van der Waals surface area contributed by atoms with Crippen LogP contribution in [0.15, 0.2) is 34.9 Å². The number of fused-ring (bicyclic) bond motifs is 1. The van der Waals surface area contributed by atoms with E-state index in [2.05, 4.69) is 10.8 Å². The Morgan fingerprint density at radius 1 is 1.40 bits per heavy atom. The molecular formula is C12H14O3. The van der Waals surface area contributed by atoms with Crippen LogP contribution in [0.3, 0.4) is 0 Å². The molecule has 0 unspecified atom stereocenters. The molecule has 1 heterocycles. The zero-order valence-electron chi connectivity index (χ0n) is 8.90. The standard InChI is InChI=1S/C9H8O.C3H6O2/c1-7-6-10-9-5-3-2-4-8(7)9;1-2-5-3-4/h2-6H,1H3;3H,2H2,1H3. The molecule has 0 amide bonds. The van der Waals surface area contributed by atoms with Crippen LogP contribution in [0.25, 0.3) is 11.0 Å². The van der Waals surface area contributed by atoms with E-state index in [0.717, 1.165) is 5.58 Å². The second kappa shape index (κ2) is 5.86. The Labute approximate surface area is 88.6 Å². The van der Waals surface area contributed by atoms with Crippen molar-refractivity contribution >= 4 is 17.4 Å². The zero-order chi connectivity index (χ0) is 11.1. The molecule has 15 heavy (non-hydrogen) atoms. The normalized spacial score (nSPS) is 9.20. The predicted octanol–water partition coefficient (Wildman–Crippen LogP) is 2.92. The van der Waals surface area contributed by atoms with E-state index in [4.69, 9.17) is 4.42 Å². The molecule has 0 radical (unpaired) electrons. The maximum atomic E-state index is 9.18. The number of carbonyl (C=O) groups is 1. The van der Waals surface area contributed by atoms with E-state index < -0.39 is 0 Å². The van der Waals surface area contributed by atoms with Crippen LogP contribution < -0.4 is 0 Å². The lowest BCUT2D eigenvalue weighted by atomic mass is 10.2. The minimum Gasteiger partial charge on any atom is -0.468 e. The van der Waals surface area contributed by atoms with E-state index in [1.807, 2.05) is 25.1 Å². The summed E-state index contributed by atoms with van der Waals surface area (Å²) in [7, 11) is 0. The first kappa shape index (κ1) is 11.3. The lowest BCUT2D eigenvalue weighted by Gasteiger charge is -1.84. The summed E-state index contributed by atoms with van der Waals surface area (Å²) in [6.07, 6.45) is 1.78. The van der Waals surface area contributed by atoms with E-state index in [0.29, 0.717) is 13.1 Å². The Morgan fingerprint density at radius 3 is 2.67 bits per heavy atom. The van der Waals surface area contributed by atoms with Gasteiger partial charge in [-0.2, -0.15) is 0 Å². The van der Waals surface area contributed by atoms with Crippen molar-refractivity contribution in [3.63, 3.8) is 0 Å². The minimum atomic E-state index is 0.431. The predicted molar refractivity (Wildman–Crippen MR) is 58.6 cm³/mol. The average Bonchev–Trinajstić information content (AvgIpc) is 2.64. The summed E-state index contributed by atoms with van der Waals surface area (Å²) in [5, 5.41) is 1.21. The Bertz CT molecular complexity index is 417. The molecule has 0 atom stereocenters. The third kappa shape index (κ3) is 3.13. The Hall–Kier alpha value is -1.77. The van der Waals surface area contributed by atoms with Crippen molar-refractivity contribution in [3.05, 3.63) is 36.1 Å². The van der Waals surface area contributed by atoms with Crippen molar-refractivity contribution in [1.29, 1.82) is 0 Å². The van der Waals surface area contributed by atoms with Crippen LogP contribution in [0.1, 0.15) is 12.5 Å². The second-order valence-electron chi connectivity index (χ2n) is 2.97. The minimum absolute atomic E-state index is 0.431. The van der Waals surface area contributed by atoms with Crippen LogP contribution >= 0.6 is 0 Å². The SMILES string of the molecule is CCOC=O.Cc1coc2ccccc12. The highest BCUT2D eigenvalue weighted by Gasteiger charge is 1.97. The van der Waals surface area contributed by atoms with E-state index in [-0.39, 0.29) is 0 Å². The summed E-state index contributed by atoms with van der Waals surface area (Å²) in [4.78, 5) is 9.18. The lowest BCUT2D eigenvalue weighted by Crippen LogP contribution is -1.80. The van der Waals surface area contributed by atoms with E-state index in [1.54, 1.807) is 13.2 Å². The fourth-order valence-electron chi connectivity index (χ4n) is 1.18. The van der Waals surface area contributed by atoms with Crippen molar-refractivity contribution in [2.24, 2.45) is 0 Å². The fraction of sp³-hybridized carbons (Fsp3) is 0.250. The van der Waals surface area contributed by atoms with Crippen LogP contribution in [0.2, 0.25) is 0 Å². The molecule has 0 aliphatic carbocycles. The van der Waals surface area contributed by atoms with Crippen molar-refractivity contribution in [2.45, 2.75) is 13.8 Å². The molecule has 0 saturated heterocycles. The van der Waals surface area contributed by atoms with Gasteiger partial charge >= 0.3 is 0 Å². The molecule has 1 aromatic heterocycles. The number of carbonyl (C=O) groups excluding carboxylic acids is 1. The van der Waals surface area contributed by atoms with Crippen LogP contribution in [-0.4, -0.2) is 13.1 Å². The van der Waals surface area contributed by atoms with Gasteiger partial charge in [-0.15, -0.1) is 0 Å². The largest absolute Gasteiger partial charge is 0.468 e.